The van der Waals surface area contributed by atoms with Gasteiger partial charge < -0.3 is 0 Å². The second-order valence-corrected chi connectivity index (χ2v) is 4.66. The third-order valence-electron chi connectivity index (χ3n) is 3.31. The lowest BCUT2D eigenvalue weighted by Crippen LogP contribution is -2.16. The Balaban J connectivity index is 1.89. The Morgan fingerprint density at radius 1 is 1.45 bits per heavy atom. The van der Waals surface area contributed by atoms with Gasteiger partial charge in [0.2, 0.25) is 0 Å². The van der Waals surface area contributed by atoms with E-state index in [4.69, 9.17) is 5.26 Å². The Morgan fingerprint density at radius 2 is 2.18 bits per heavy atom. The van der Waals surface area contributed by atoms with E-state index < -0.39 is 0 Å². The standard InChI is InChI=1S/C8H14O2S/c9-10-11-6-8-3-1-7(5-8)2-4-8/h7,9H,1-6H2. The van der Waals surface area contributed by atoms with Crippen LogP contribution in [0, 0.1) is 11.3 Å². The van der Waals surface area contributed by atoms with Gasteiger partial charge >= 0.3 is 0 Å². The van der Waals surface area contributed by atoms with Gasteiger partial charge in [-0.1, -0.05) is 0 Å². The van der Waals surface area contributed by atoms with Crippen molar-refractivity contribution in [3.8, 4) is 0 Å². The van der Waals surface area contributed by atoms with Gasteiger partial charge in [-0.2, -0.15) is 4.33 Å². The zero-order valence-electron chi connectivity index (χ0n) is 6.58. The van der Waals surface area contributed by atoms with Gasteiger partial charge in [-0.25, -0.2) is 5.26 Å². The Labute approximate surface area is 71.5 Å². The molecule has 0 saturated heterocycles. The monoisotopic (exact) mass is 174 g/mol. The molecule has 0 aliphatic heterocycles. The van der Waals surface area contributed by atoms with Crippen LogP contribution in [0.25, 0.3) is 0 Å². The summed E-state index contributed by atoms with van der Waals surface area (Å²) in [6.45, 7) is 0. The third kappa shape index (κ3) is 1.42. The van der Waals surface area contributed by atoms with Crippen molar-refractivity contribution in [2.24, 2.45) is 11.3 Å². The van der Waals surface area contributed by atoms with Crippen molar-refractivity contribution in [3.05, 3.63) is 0 Å². The molecule has 11 heavy (non-hydrogen) atoms. The van der Waals surface area contributed by atoms with Gasteiger partial charge in [0.25, 0.3) is 0 Å². The van der Waals surface area contributed by atoms with Crippen LogP contribution >= 0.6 is 12.0 Å². The van der Waals surface area contributed by atoms with E-state index in [-0.39, 0.29) is 0 Å². The Hall–Kier alpha value is 0.270. The van der Waals surface area contributed by atoms with Crippen molar-refractivity contribution < 1.29 is 9.59 Å². The van der Waals surface area contributed by atoms with E-state index in [0.29, 0.717) is 5.41 Å². The van der Waals surface area contributed by atoms with Crippen molar-refractivity contribution in [2.45, 2.75) is 32.1 Å². The maximum atomic E-state index is 8.21. The largest absolute Gasteiger partial charge is 0.239 e. The van der Waals surface area contributed by atoms with Gasteiger partial charge in [0, 0.05) is 17.8 Å². The molecule has 2 fully saturated rings. The molecule has 0 aromatic carbocycles. The Kier molecular flexibility index (Phi) is 2.12. The van der Waals surface area contributed by atoms with Crippen molar-refractivity contribution in [1.82, 2.24) is 0 Å². The molecule has 1 N–H and O–H groups in total. The zero-order valence-corrected chi connectivity index (χ0v) is 7.40. The van der Waals surface area contributed by atoms with E-state index in [1.807, 2.05) is 0 Å². The van der Waals surface area contributed by atoms with Crippen LogP contribution in [0.4, 0.5) is 0 Å². The molecule has 0 aromatic rings. The molecule has 2 nitrogen and oxygen atoms in total. The van der Waals surface area contributed by atoms with E-state index in [1.165, 1.54) is 44.1 Å². The van der Waals surface area contributed by atoms with Gasteiger partial charge in [-0.3, -0.25) is 0 Å². The second kappa shape index (κ2) is 2.96. The molecule has 2 rings (SSSR count). The molecule has 2 aliphatic rings. The third-order valence-corrected chi connectivity index (χ3v) is 4.14. The van der Waals surface area contributed by atoms with E-state index in [2.05, 4.69) is 4.33 Å². The summed E-state index contributed by atoms with van der Waals surface area (Å²) >= 11 is 1.21. The maximum absolute atomic E-state index is 8.21. The Bertz CT molecular complexity index is 141. The van der Waals surface area contributed by atoms with Gasteiger partial charge in [0.15, 0.2) is 0 Å². The van der Waals surface area contributed by atoms with Crippen molar-refractivity contribution in [1.29, 1.82) is 0 Å². The summed E-state index contributed by atoms with van der Waals surface area (Å²) in [7, 11) is 0. The SMILES string of the molecule is OOSCC12CCC(CC1)C2. The van der Waals surface area contributed by atoms with Crippen molar-refractivity contribution in [3.63, 3.8) is 0 Å². The van der Waals surface area contributed by atoms with Crippen LogP contribution in [0.3, 0.4) is 0 Å². The van der Waals surface area contributed by atoms with Crippen LogP contribution in [-0.2, 0) is 4.33 Å². The lowest BCUT2D eigenvalue weighted by molar-refractivity contribution is -0.117. The molecule has 0 aromatic heterocycles. The van der Waals surface area contributed by atoms with Gasteiger partial charge in [-0.05, 0) is 43.4 Å². The molecule has 2 saturated carbocycles. The van der Waals surface area contributed by atoms with Crippen LogP contribution in [0.1, 0.15) is 32.1 Å². The predicted octanol–water partition coefficient (Wildman–Crippen LogP) is 2.70. The predicted molar refractivity (Wildman–Crippen MR) is 45.2 cm³/mol. The van der Waals surface area contributed by atoms with Gasteiger partial charge in [0.05, 0.1) is 0 Å². The molecule has 0 heterocycles. The van der Waals surface area contributed by atoms with E-state index in [9.17, 15) is 0 Å². The first-order chi connectivity index (χ1) is 5.35. The molecule has 0 amide bonds. The first kappa shape index (κ1) is 7.90. The number of hydrogen-bond acceptors (Lipinski definition) is 3. The van der Waals surface area contributed by atoms with E-state index >= 15 is 0 Å². The molecule has 2 bridgehead atoms. The van der Waals surface area contributed by atoms with Crippen LogP contribution in [0.2, 0.25) is 0 Å². The smallest absolute Gasteiger partial charge is 0.0317 e. The van der Waals surface area contributed by atoms with E-state index in [0.717, 1.165) is 11.7 Å². The highest BCUT2D eigenvalue weighted by molar-refractivity contribution is 7.94. The minimum absolute atomic E-state index is 0.540. The summed E-state index contributed by atoms with van der Waals surface area (Å²) in [6, 6.07) is 0. The molecule has 3 heteroatoms. The fourth-order valence-electron chi connectivity index (χ4n) is 2.67. The van der Waals surface area contributed by atoms with E-state index in [1.54, 1.807) is 0 Å². The zero-order chi connectivity index (χ0) is 7.73. The molecule has 0 unspecified atom stereocenters. The summed E-state index contributed by atoms with van der Waals surface area (Å²) in [6.07, 6.45) is 6.91. The topological polar surface area (TPSA) is 29.5 Å². The Morgan fingerprint density at radius 3 is 2.64 bits per heavy atom. The van der Waals surface area contributed by atoms with Crippen LogP contribution in [-0.4, -0.2) is 11.0 Å². The molecule has 0 radical (unpaired) electrons. The van der Waals surface area contributed by atoms with Gasteiger partial charge in [-0.15, -0.1) is 0 Å². The molecular formula is C8H14O2S. The molecule has 2 aliphatic carbocycles. The molecular weight excluding hydrogens is 160 g/mol. The molecule has 0 atom stereocenters. The summed E-state index contributed by atoms with van der Waals surface area (Å²) < 4.78 is 4.07. The summed E-state index contributed by atoms with van der Waals surface area (Å²) in [5.74, 6) is 1.98. The number of rotatable bonds is 3. The first-order valence-electron chi connectivity index (χ1n) is 4.28. The minimum atomic E-state index is 0.540. The van der Waals surface area contributed by atoms with Crippen LogP contribution in [0.15, 0.2) is 0 Å². The lowest BCUT2D eigenvalue weighted by Gasteiger charge is -2.24. The number of fused-ring (bicyclic) bond motifs is 2. The average molecular weight is 174 g/mol. The van der Waals surface area contributed by atoms with Crippen LogP contribution in [0.5, 0.6) is 0 Å². The fourth-order valence-corrected chi connectivity index (χ4v) is 3.37. The maximum Gasteiger partial charge on any atom is 0.0317 e. The normalized spacial score (nSPS) is 41.7. The summed E-state index contributed by atoms with van der Waals surface area (Å²) in [5, 5.41) is 8.21. The highest BCUT2D eigenvalue weighted by Gasteiger charge is 2.44. The molecule has 64 valence electrons. The number of hydrogen-bond donors (Lipinski definition) is 1. The summed E-state index contributed by atoms with van der Waals surface area (Å²) in [4.78, 5) is 0. The van der Waals surface area contributed by atoms with Crippen LogP contribution < -0.4 is 0 Å². The quantitative estimate of drug-likeness (QED) is 0.405. The summed E-state index contributed by atoms with van der Waals surface area (Å²) in [5.41, 5.74) is 0.540. The fraction of sp³-hybridized carbons (Fsp3) is 1.00. The lowest BCUT2D eigenvalue weighted by atomic mass is 9.87. The van der Waals surface area contributed by atoms with Crippen molar-refractivity contribution >= 4 is 12.0 Å². The minimum Gasteiger partial charge on any atom is -0.239 e. The second-order valence-electron chi connectivity index (χ2n) is 3.98. The average Bonchev–Trinajstić information content (AvgIpc) is 2.60. The van der Waals surface area contributed by atoms with Gasteiger partial charge in [0.1, 0.15) is 0 Å². The first-order valence-corrected chi connectivity index (χ1v) is 5.19. The highest BCUT2D eigenvalue weighted by Crippen LogP contribution is 2.55. The highest BCUT2D eigenvalue weighted by atomic mass is 32.2. The molecule has 0 spiro atoms. The van der Waals surface area contributed by atoms with Crippen molar-refractivity contribution in [2.75, 3.05) is 5.75 Å².